The number of nitrogens with zero attached hydrogens (tertiary/aromatic N) is 3. The average Bonchev–Trinajstić information content (AvgIpc) is 3.09. The Balaban J connectivity index is 1.38. The van der Waals surface area contributed by atoms with E-state index < -0.39 is 0 Å². The van der Waals surface area contributed by atoms with Crippen molar-refractivity contribution in [1.29, 1.82) is 0 Å². The maximum Gasteiger partial charge on any atom is 0.0702 e. The molecule has 0 aliphatic rings. The first-order valence-corrected chi connectivity index (χ1v) is 14.0. The van der Waals surface area contributed by atoms with Gasteiger partial charge in [0, 0.05) is 36.5 Å². The molecule has 0 radical (unpaired) electrons. The van der Waals surface area contributed by atoms with Gasteiger partial charge in [-0.05, 0) is 128 Å². The van der Waals surface area contributed by atoms with Crippen molar-refractivity contribution in [1.82, 2.24) is 15.0 Å². The summed E-state index contributed by atoms with van der Waals surface area (Å²) in [5, 5.41) is 0. The third kappa shape index (κ3) is 5.36. The second-order valence-corrected chi connectivity index (χ2v) is 10.2. The van der Waals surface area contributed by atoms with Crippen LogP contribution in [0.2, 0.25) is 0 Å². The van der Waals surface area contributed by atoms with Crippen LogP contribution in [0.3, 0.4) is 0 Å². The Morgan fingerprint density at radius 2 is 0.643 bits per heavy atom. The van der Waals surface area contributed by atoms with Gasteiger partial charge in [0.15, 0.2) is 0 Å². The molecule has 0 saturated heterocycles. The van der Waals surface area contributed by atoms with E-state index in [1.54, 1.807) is 0 Å². The minimum Gasteiger partial charge on any atom is -0.265 e. The fourth-order valence-corrected chi connectivity index (χ4v) is 5.36. The van der Waals surface area contributed by atoms with Gasteiger partial charge in [-0.2, -0.15) is 0 Å². The van der Waals surface area contributed by atoms with Crippen LogP contribution in [-0.4, -0.2) is 15.0 Å². The second-order valence-electron chi connectivity index (χ2n) is 10.2. The van der Waals surface area contributed by atoms with Crippen molar-refractivity contribution >= 4 is 0 Å². The van der Waals surface area contributed by atoms with Crippen molar-refractivity contribution in [2.45, 2.75) is 0 Å². The van der Waals surface area contributed by atoms with Crippen LogP contribution in [0.25, 0.3) is 66.9 Å². The number of aromatic nitrogens is 3. The van der Waals surface area contributed by atoms with Crippen LogP contribution in [-0.2, 0) is 0 Å². The van der Waals surface area contributed by atoms with Gasteiger partial charge >= 0.3 is 0 Å². The maximum atomic E-state index is 4.58. The van der Waals surface area contributed by atoms with Crippen LogP contribution < -0.4 is 0 Å². The lowest BCUT2D eigenvalue weighted by Crippen LogP contribution is -1.89. The van der Waals surface area contributed by atoms with Crippen molar-refractivity contribution in [2.24, 2.45) is 0 Å². The molecule has 0 bridgehead atoms. The predicted molar refractivity (Wildman–Crippen MR) is 172 cm³/mol. The quantitative estimate of drug-likeness (QED) is 0.212. The van der Waals surface area contributed by atoms with Gasteiger partial charge in [0.1, 0.15) is 0 Å². The van der Waals surface area contributed by atoms with E-state index in [-0.39, 0.29) is 0 Å². The van der Waals surface area contributed by atoms with E-state index in [1.165, 1.54) is 22.3 Å². The molecule has 0 aliphatic heterocycles. The summed E-state index contributed by atoms with van der Waals surface area (Å²) >= 11 is 0. The Bertz CT molecular complexity index is 1720. The van der Waals surface area contributed by atoms with Crippen LogP contribution in [0.4, 0.5) is 0 Å². The Labute approximate surface area is 245 Å². The summed E-state index contributed by atoms with van der Waals surface area (Å²) in [5.74, 6) is 0. The summed E-state index contributed by atoms with van der Waals surface area (Å²) in [4.78, 5) is 13.0. The van der Waals surface area contributed by atoms with Crippen molar-refractivity contribution in [3.8, 4) is 66.9 Å². The number of hydrogen-bond donors (Lipinski definition) is 0. The molecule has 7 rings (SSSR count). The fraction of sp³-hybridized carbons (Fsp3) is 0. The average molecular weight is 538 g/mol. The fourth-order valence-electron chi connectivity index (χ4n) is 5.36. The molecule has 0 amide bonds. The van der Waals surface area contributed by atoms with Gasteiger partial charge < -0.3 is 0 Å². The highest BCUT2D eigenvalue weighted by Gasteiger charge is 2.11. The molecule has 3 heteroatoms. The molecule has 0 fully saturated rings. The molecule has 42 heavy (non-hydrogen) atoms. The van der Waals surface area contributed by atoms with Crippen molar-refractivity contribution in [3.63, 3.8) is 0 Å². The number of rotatable bonds is 6. The normalized spacial score (nSPS) is 10.9. The molecule has 198 valence electrons. The summed E-state index contributed by atoms with van der Waals surface area (Å²) < 4.78 is 0. The predicted octanol–water partition coefficient (Wildman–Crippen LogP) is 9.87. The second kappa shape index (κ2) is 11.4. The molecular formula is C39H27N3. The van der Waals surface area contributed by atoms with Gasteiger partial charge in [-0.1, -0.05) is 60.7 Å². The lowest BCUT2D eigenvalue weighted by atomic mass is 9.91. The molecule has 3 aromatic heterocycles. The molecule has 0 saturated carbocycles. The van der Waals surface area contributed by atoms with Gasteiger partial charge in [0.2, 0.25) is 0 Å². The van der Waals surface area contributed by atoms with E-state index in [2.05, 4.69) is 136 Å². The first-order chi connectivity index (χ1) is 20.8. The molecular weight excluding hydrogens is 510 g/mol. The van der Waals surface area contributed by atoms with E-state index in [4.69, 9.17) is 0 Å². The van der Waals surface area contributed by atoms with Crippen LogP contribution in [0.15, 0.2) is 164 Å². The topological polar surface area (TPSA) is 38.7 Å². The molecule has 3 nitrogen and oxygen atoms in total. The summed E-state index contributed by atoms with van der Waals surface area (Å²) in [6.45, 7) is 0. The van der Waals surface area contributed by atoms with Gasteiger partial charge in [0.25, 0.3) is 0 Å². The Kier molecular flexibility index (Phi) is 6.89. The SMILES string of the molecule is c1ccc(-c2cccc(-c3cc(-c4cccc(-c5ccncc5)c4)cc(-c4cccc(-c5ccncc5)c4)c3)c2)nc1. The van der Waals surface area contributed by atoms with E-state index >= 15 is 0 Å². The summed E-state index contributed by atoms with van der Waals surface area (Å²) in [5.41, 5.74) is 13.7. The Hall–Kier alpha value is -5.67. The van der Waals surface area contributed by atoms with Gasteiger partial charge in [0.05, 0.1) is 5.69 Å². The number of hydrogen-bond acceptors (Lipinski definition) is 3. The van der Waals surface area contributed by atoms with Crippen LogP contribution in [0.1, 0.15) is 0 Å². The zero-order valence-corrected chi connectivity index (χ0v) is 22.9. The third-order valence-corrected chi connectivity index (χ3v) is 7.51. The molecule has 4 aromatic carbocycles. The lowest BCUT2D eigenvalue weighted by Gasteiger charge is -2.14. The largest absolute Gasteiger partial charge is 0.265 e. The van der Waals surface area contributed by atoms with Crippen LogP contribution >= 0.6 is 0 Å². The molecule has 0 N–H and O–H groups in total. The molecule has 3 heterocycles. The standard InChI is InChI=1S/C39H27N3/c1-2-17-42-39(12-1)35-11-5-10-34(24-35)38-26-36(32-8-3-6-30(22-32)28-13-18-40-19-14-28)25-37(27-38)33-9-4-7-31(23-33)29-15-20-41-21-16-29/h1-27H. The maximum absolute atomic E-state index is 4.58. The Morgan fingerprint density at radius 1 is 0.262 bits per heavy atom. The molecule has 0 unspecified atom stereocenters. The zero-order chi connectivity index (χ0) is 28.1. The molecule has 0 spiro atoms. The van der Waals surface area contributed by atoms with Crippen molar-refractivity contribution < 1.29 is 0 Å². The smallest absolute Gasteiger partial charge is 0.0702 e. The summed E-state index contributed by atoms with van der Waals surface area (Å²) in [7, 11) is 0. The molecule has 0 atom stereocenters. The van der Waals surface area contributed by atoms with E-state index in [0.29, 0.717) is 0 Å². The number of benzene rings is 4. The first-order valence-electron chi connectivity index (χ1n) is 14.0. The third-order valence-electron chi connectivity index (χ3n) is 7.51. The van der Waals surface area contributed by atoms with E-state index in [9.17, 15) is 0 Å². The highest BCUT2D eigenvalue weighted by atomic mass is 14.7. The monoisotopic (exact) mass is 537 g/mol. The summed E-state index contributed by atoms with van der Waals surface area (Å²) in [6, 6.07) is 47.2. The highest BCUT2D eigenvalue weighted by molar-refractivity contribution is 5.85. The van der Waals surface area contributed by atoms with Crippen molar-refractivity contribution in [3.05, 3.63) is 164 Å². The minimum absolute atomic E-state index is 0.964. The zero-order valence-electron chi connectivity index (χ0n) is 22.9. The molecule has 0 aliphatic carbocycles. The molecule has 7 aromatic rings. The van der Waals surface area contributed by atoms with Crippen LogP contribution in [0.5, 0.6) is 0 Å². The number of pyridine rings is 3. The van der Waals surface area contributed by atoms with Gasteiger partial charge in [-0.25, -0.2) is 0 Å². The van der Waals surface area contributed by atoms with Gasteiger partial charge in [-0.15, -0.1) is 0 Å². The van der Waals surface area contributed by atoms with E-state index in [0.717, 1.165) is 44.6 Å². The summed E-state index contributed by atoms with van der Waals surface area (Å²) in [6.07, 6.45) is 9.19. The van der Waals surface area contributed by atoms with Crippen LogP contribution in [0, 0.1) is 0 Å². The van der Waals surface area contributed by atoms with E-state index in [1.807, 2.05) is 43.1 Å². The minimum atomic E-state index is 0.964. The first kappa shape index (κ1) is 25.3. The lowest BCUT2D eigenvalue weighted by molar-refractivity contribution is 1.33. The Morgan fingerprint density at radius 3 is 1.07 bits per heavy atom. The highest BCUT2D eigenvalue weighted by Crippen LogP contribution is 2.36. The van der Waals surface area contributed by atoms with Gasteiger partial charge in [-0.3, -0.25) is 15.0 Å². The van der Waals surface area contributed by atoms with Crippen molar-refractivity contribution in [2.75, 3.05) is 0 Å².